The topological polar surface area (TPSA) is 52.6 Å². The Kier molecular flexibility index (Phi) is 5.31. The zero-order valence-electron chi connectivity index (χ0n) is 12.7. The van der Waals surface area contributed by atoms with E-state index >= 15 is 0 Å². The monoisotopic (exact) mass is 298 g/mol. The average Bonchev–Trinajstić information content (AvgIpc) is 2.54. The lowest BCUT2D eigenvalue weighted by Crippen LogP contribution is -2.06. The van der Waals surface area contributed by atoms with E-state index in [1.54, 1.807) is 43.3 Å². The van der Waals surface area contributed by atoms with Crippen molar-refractivity contribution < 1.29 is 19.1 Å². The van der Waals surface area contributed by atoms with Gasteiger partial charge in [-0.1, -0.05) is 29.8 Å². The summed E-state index contributed by atoms with van der Waals surface area (Å²) in [5.74, 6) is -0.722. The molecule has 4 heteroatoms. The van der Waals surface area contributed by atoms with Crippen molar-refractivity contribution in [1.82, 2.24) is 0 Å². The van der Waals surface area contributed by atoms with Gasteiger partial charge in [0.05, 0.1) is 17.7 Å². The van der Waals surface area contributed by atoms with Gasteiger partial charge in [-0.15, -0.1) is 0 Å². The molecule has 0 aliphatic carbocycles. The summed E-state index contributed by atoms with van der Waals surface area (Å²) in [6, 6.07) is 14.0. The first-order chi connectivity index (χ1) is 10.6. The van der Waals surface area contributed by atoms with E-state index < -0.39 is 0 Å². The quantitative estimate of drug-likeness (QED) is 0.792. The summed E-state index contributed by atoms with van der Waals surface area (Å²) in [4.78, 5) is 23.4. The maximum absolute atomic E-state index is 11.9. The van der Waals surface area contributed by atoms with Gasteiger partial charge in [0.1, 0.15) is 6.61 Å². The van der Waals surface area contributed by atoms with Gasteiger partial charge in [-0.2, -0.15) is 0 Å². The molecule has 2 aromatic carbocycles. The molecule has 4 nitrogen and oxygen atoms in total. The molecule has 0 aliphatic heterocycles. The van der Waals surface area contributed by atoms with Gasteiger partial charge in [-0.3, -0.25) is 0 Å². The second kappa shape index (κ2) is 7.41. The first-order valence-corrected chi connectivity index (χ1v) is 7.10. The highest BCUT2D eigenvalue weighted by Crippen LogP contribution is 2.10. The molecule has 22 heavy (non-hydrogen) atoms. The largest absolute Gasteiger partial charge is 0.462 e. The summed E-state index contributed by atoms with van der Waals surface area (Å²) in [7, 11) is 0. The van der Waals surface area contributed by atoms with Crippen LogP contribution in [0.3, 0.4) is 0 Å². The minimum Gasteiger partial charge on any atom is -0.462 e. The van der Waals surface area contributed by atoms with Crippen LogP contribution in [-0.4, -0.2) is 18.5 Å². The van der Waals surface area contributed by atoms with Crippen LogP contribution < -0.4 is 0 Å². The van der Waals surface area contributed by atoms with Crippen molar-refractivity contribution in [3.05, 3.63) is 70.8 Å². The highest BCUT2D eigenvalue weighted by atomic mass is 16.5. The molecule has 0 spiro atoms. The third-order valence-electron chi connectivity index (χ3n) is 3.12. The second-order valence-corrected chi connectivity index (χ2v) is 4.86. The van der Waals surface area contributed by atoms with E-state index in [-0.39, 0.29) is 18.5 Å². The molecule has 0 aromatic heterocycles. The van der Waals surface area contributed by atoms with Crippen LogP contribution in [-0.2, 0) is 16.1 Å². The molecule has 0 fully saturated rings. The van der Waals surface area contributed by atoms with Gasteiger partial charge in [-0.05, 0) is 43.7 Å². The lowest BCUT2D eigenvalue weighted by Gasteiger charge is -2.06. The number of carbonyl (C=O) groups excluding carboxylic acids is 2. The fourth-order valence-corrected chi connectivity index (χ4v) is 1.87. The van der Waals surface area contributed by atoms with E-state index in [0.717, 1.165) is 11.1 Å². The summed E-state index contributed by atoms with van der Waals surface area (Å²) < 4.78 is 10.2. The Labute approximate surface area is 129 Å². The van der Waals surface area contributed by atoms with Gasteiger partial charge < -0.3 is 9.47 Å². The maximum Gasteiger partial charge on any atom is 0.338 e. The molecule has 2 aromatic rings. The van der Waals surface area contributed by atoms with Crippen molar-refractivity contribution in [3.63, 3.8) is 0 Å². The Morgan fingerprint density at radius 2 is 1.32 bits per heavy atom. The summed E-state index contributed by atoms with van der Waals surface area (Å²) in [6.07, 6.45) is 0. The van der Waals surface area contributed by atoms with Gasteiger partial charge >= 0.3 is 11.9 Å². The lowest BCUT2D eigenvalue weighted by atomic mass is 10.1. The predicted molar refractivity (Wildman–Crippen MR) is 82.7 cm³/mol. The number of esters is 2. The van der Waals surface area contributed by atoms with Gasteiger partial charge in [0.25, 0.3) is 0 Å². The number of ether oxygens (including phenoxy) is 2. The minimum atomic E-state index is -0.366. The molecular weight excluding hydrogens is 280 g/mol. The Morgan fingerprint density at radius 1 is 0.818 bits per heavy atom. The van der Waals surface area contributed by atoms with Crippen LogP contribution in [0, 0.1) is 6.92 Å². The molecule has 0 saturated carbocycles. The summed E-state index contributed by atoms with van der Waals surface area (Å²) >= 11 is 0. The Bertz CT molecular complexity index is 642. The van der Waals surface area contributed by atoms with Crippen LogP contribution in [0.5, 0.6) is 0 Å². The molecule has 0 heterocycles. The van der Waals surface area contributed by atoms with Crippen LogP contribution >= 0.6 is 0 Å². The number of hydrogen-bond donors (Lipinski definition) is 0. The predicted octanol–water partition coefficient (Wildman–Crippen LogP) is 3.53. The molecule has 0 aliphatic rings. The molecule has 0 saturated heterocycles. The van der Waals surface area contributed by atoms with E-state index in [2.05, 4.69) is 0 Å². The van der Waals surface area contributed by atoms with Crippen molar-refractivity contribution in [2.45, 2.75) is 20.5 Å². The molecular formula is C18H18O4. The van der Waals surface area contributed by atoms with Gasteiger partial charge in [0, 0.05) is 0 Å². The van der Waals surface area contributed by atoms with Crippen LogP contribution in [0.2, 0.25) is 0 Å². The lowest BCUT2D eigenvalue weighted by molar-refractivity contribution is 0.0469. The molecule has 2 rings (SSSR count). The zero-order valence-corrected chi connectivity index (χ0v) is 12.7. The van der Waals surface area contributed by atoms with Crippen molar-refractivity contribution in [2.75, 3.05) is 6.61 Å². The standard InChI is InChI=1S/C18H18O4/c1-3-21-17(19)16-10-6-14(7-11-16)12-22-18(20)15-8-4-13(2)5-9-15/h4-11H,3,12H2,1-2H3. The smallest absolute Gasteiger partial charge is 0.338 e. The van der Waals surface area contributed by atoms with E-state index in [9.17, 15) is 9.59 Å². The fraction of sp³-hybridized carbons (Fsp3) is 0.222. The third-order valence-corrected chi connectivity index (χ3v) is 3.12. The number of aryl methyl sites for hydroxylation is 1. The molecule has 114 valence electrons. The second-order valence-electron chi connectivity index (χ2n) is 4.86. The molecule has 0 atom stereocenters. The first-order valence-electron chi connectivity index (χ1n) is 7.10. The Balaban J connectivity index is 1.92. The normalized spacial score (nSPS) is 10.1. The van der Waals surface area contributed by atoms with E-state index in [1.807, 2.05) is 19.1 Å². The highest BCUT2D eigenvalue weighted by molar-refractivity contribution is 5.90. The van der Waals surface area contributed by atoms with Crippen LogP contribution in [0.1, 0.15) is 38.8 Å². The molecule has 0 radical (unpaired) electrons. The summed E-state index contributed by atoms with van der Waals surface area (Å²) in [5, 5.41) is 0. The van der Waals surface area contributed by atoms with Gasteiger partial charge in [-0.25, -0.2) is 9.59 Å². The van der Waals surface area contributed by atoms with Gasteiger partial charge in [0.2, 0.25) is 0 Å². The van der Waals surface area contributed by atoms with Crippen molar-refractivity contribution in [3.8, 4) is 0 Å². The van der Waals surface area contributed by atoms with Crippen LogP contribution in [0.25, 0.3) is 0 Å². The number of carbonyl (C=O) groups is 2. The minimum absolute atomic E-state index is 0.163. The number of benzene rings is 2. The van der Waals surface area contributed by atoms with Crippen LogP contribution in [0.15, 0.2) is 48.5 Å². The third kappa shape index (κ3) is 4.19. The number of rotatable bonds is 5. The molecule has 0 N–H and O–H groups in total. The Morgan fingerprint density at radius 3 is 1.86 bits per heavy atom. The number of hydrogen-bond acceptors (Lipinski definition) is 4. The highest BCUT2D eigenvalue weighted by Gasteiger charge is 2.08. The maximum atomic E-state index is 11.9. The van der Waals surface area contributed by atoms with E-state index in [1.165, 1.54) is 0 Å². The summed E-state index contributed by atoms with van der Waals surface area (Å²) in [5.41, 5.74) is 2.91. The van der Waals surface area contributed by atoms with Crippen molar-refractivity contribution >= 4 is 11.9 Å². The average molecular weight is 298 g/mol. The van der Waals surface area contributed by atoms with Crippen LogP contribution in [0.4, 0.5) is 0 Å². The molecule has 0 bridgehead atoms. The Hall–Kier alpha value is -2.62. The van der Waals surface area contributed by atoms with E-state index in [0.29, 0.717) is 17.7 Å². The fourth-order valence-electron chi connectivity index (χ4n) is 1.87. The SMILES string of the molecule is CCOC(=O)c1ccc(COC(=O)c2ccc(C)cc2)cc1. The first kappa shape index (κ1) is 15.8. The van der Waals surface area contributed by atoms with Crippen molar-refractivity contribution in [1.29, 1.82) is 0 Å². The molecule has 0 unspecified atom stereocenters. The van der Waals surface area contributed by atoms with Gasteiger partial charge in [0.15, 0.2) is 0 Å². The molecule has 0 amide bonds. The van der Waals surface area contributed by atoms with E-state index in [4.69, 9.17) is 9.47 Å². The summed E-state index contributed by atoms with van der Waals surface area (Å²) in [6.45, 7) is 4.22. The van der Waals surface area contributed by atoms with Crippen molar-refractivity contribution in [2.24, 2.45) is 0 Å². The zero-order chi connectivity index (χ0) is 15.9.